The largest absolute Gasteiger partial charge is 0.362 e. The zero-order chi connectivity index (χ0) is 14.5. The Morgan fingerprint density at radius 1 is 1.25 bits per heavy atom. The first kappa shape index (κ1) is 14.1. The summed E-state index contributed by atoms with van der Waals surface area (Å²) < 4.78 is 0. The summed E-state index contributed by atoms with van der Waals surface area (Å²) in [4.78, 5) is 18.3. The summed E-state index contributed by atoms with van der Waals surface area (Å²) in [7, 11) is 3.75. The summed E-state index contributed by atoms with van der Waals surface area (Å²) in [6, 6.07) is 11.7. The minimum absolute atomic E-state index is 0.108. The quantitative estimate of drug-likeness (QED) is 0.927. The maximum Gasteiger partial charge on any atom is 0.255 e. The van der Waals surface area contributed by atoms with E-state index in [2.05, 4.69) is 16.4 Å². The van der Waals surface area contributed by atoms with Crippen molar-refractivity contribution in [2.24, 2.45) is 0 Å². The highest BCUT2D eigenvalue weighted by atomic mass is 16.1. The van der Waals surface area contributed by atoms with Crippen LogP contribution in [0.15, 0.2) is 42.6 Å². The number of rotatable bonds is 4. The first-order valence-corrected chi connectivity index (χ1v) is 6.54. The fourth-order valence-electron chi connectivity index (χ4n) is 2.03. The van der Waals surface area contributed by atoms with Crippen molar-refractivity contribution in [1.29, 1.82) is 0 Å². The van der Waals surface area contributed by atoms with Gasteiger partial charge in [-0.15, -0.1) is 0 Å². The van der Waals surface area contributed by atoms with E-state index >= 15 is 0 Å². The molecule has 0 bridgehead atoms. The molecule has 0 saturated heterocycles. The highest BCUT2D eigenvalue weighted by Crippen LogP contribution is 2.14. The summed E-state index contributed by atoms with van der Waals surface area (Å²) in [5.74, 6) is 0.567. The van der Waals surface area contributed by atoms with Crippen molar-refractivity contribution >= 4 is 11.7 Å². The molecule has 2 aromatic rings. The fraction of sp³-hybridized carbons (Fsp3) is 0.250. The normalized spacial score (nSPS) is 10.2. The molecule has 0 saturated carbocycles. The number of carbonyl (C=O) groups excluding carboxylic acids is 1. The average molecular weight is 269 g/mol. The van der Waals surface area contributed by atoms with Crippen LogP contribution in [0.5, 0.6) is 0 Å². The zero-order valence-corrected chi connectivity index (χ0v) is 12.1. The lowest BCUT2D eigenvalue weighted by atomic mass is 10.1. The van der Waals surface area contributed by atoms with Crippen molar-refractivity contribution < 1.29 is 4.79 Å². The molecule has 0 unspecified atom stereocenters. The Balaban J connectivity index is 2.09. The molecular weight excluding hydrogens is 250 g/mol. The molecule has 104 valence electrons. The van der Waals surface area contributed by atoms with Gasteiger partial charge in [0, 0.05) is 26.8 Å². The van der Waals surface area contributed by atoms with Crippen LogP contribution in [0.2, 0.25) is 0 Å². The van der Waals surface area contributed by atoms with Gasteiger partial charge in [0.05, 0.1) is 5.56 Å². The second kappa shape index (κ2) is 6.19. The third kappa shape index (κ3) is 3.35. The van der Waals surface area contributed by atoms with Gasteiger partial charge in [0.2, 0.25) is 0 Å². The topological polar surface area (TPSA) is 45.2 Å². The van der Waals surface area contributed by atoms with E-state index in [0.29, 0.717) is 17.9 Å². The van der Waals surface area contributed by atoms with E-state index in [1.54, 1.807) is 18.3 Å². The number of nitrogens with zero attached hydrogens (tertiary/aromatic N) is 2. The molecule has 0 radical (unpaired) electrons. The number of benzene rings is 1. The van der Waals surface area contributed by atoms with Crippen LogP contribution in [0, 0.1) is 6.92 Å². The van der Waals surface area contributed by atoms with Crippen molar-refractivity contribution in [2.45, 2.75) is 13.5 Å². The predicted molar refractivity (Wildman–Crippen MR) is 80.9 cm³/mol. The number of aryl methyl sites for hydroxylation is 1. The number of anilines is 1. The van der Waals surface area contributed by atoms with Crippen molar-refractivity contribution in [3.63, 3.8) is 0 Å². The lowest BCUT2D eigenvalue weighted by Gasteiger charge is -2.15. The van der Waals surface area contributed by atoms with Crippen molar-refractivity contribution in [3.8, 4) is 0 Å². The van der Waals surface area contributed by atoms with Crippen LogP contribution >= 0.6 is 0 Å². The Hall–Kier alpha value is -2.36. The van der Waals surface area contributed by atoms with Crippen LogP contribution in [-0.2, 0) is 6.54 Å². The van der Waals surface area contributed by atoms with Crippen molar-refractivity contribution in [1.82, 2.24) is 10.3 Å². The van der Waals surface area contributed by atoms with Gasteiger partial charge >= 0.3 is 0 Å². The lowest BCUT2D eigenvalue weighted by Crippen LogP contribution is -2.26. The molecule has 1 amide bonds. The van der Waals surface area contributed by atoms with E-state index in [9.17, 15) is 4.79 Å². The van der Waals surface area contributed by atoms with Gasteiger partial charge in [-0.2, -0.15) is 0 Å². The molecule has 0 fully saturated rings. The molecule has 1 aromatic heterocycles. The Morgan fingerprint density at radius 3 is 2.75 bits per heavy atom. The molecular formula is C16H19N3O. The first-order valence-electron chi connectivity index (χ1n) is 6.54. The second-order valence-electron chi connectivity index (χ2n) is 4.94. The van der Waals surface area contributed by atoms with Gasteiger partial charge in [-0.3, -0.25) is 4.79 Å². The maximum absolute atomic E-state index is 12.3. The molecule has 0 aliphatic carbocycles. The number of pyridine rings is 1. The maximum atomic E-state index is 12.3. The van der Waals surface area contributed by atoms with Crippen LogP contribution in [0.25, 0.3) is 0 Å². The fourth-order valence-corrected chi connectivity index (χ4v) is 2.03. The molecule has 0 spiro atoms. The highest BCUT2D eigenvalue weighted by molar-refractivity contribution is 5.98. The predicted octanol–water partition coefficient (Wildman–Crippen LogP) is 2.39. The number of carbonyl (C=O) groups is 1. The van der Waals surface area contributed by atoms with Gasteiger partial charge in [-0.1, -0.05) is 29.8 Å². The molecule has 0 aliphatic rings. The third-order valence-corrected chi connectivity index (χ3v) is 2.99. The lowest BCUT2D eigenvalue weighted by molar-refractivity contribution is 0.0951. The molecule has 2 rings (SSSR count). The Bertz CT molecular complexity index is 608. The SMILES string of the molecule is Cc1cccc(CNC(=O)c2cccnc2N(C)C)c1. The van der Waals surface area contributed by atoms with Gasteiger partial charge in [-0.25, -0.2) is 4.98 Å². The zero-order valence-electron chi connectivity index (χ0n) is 12.1. The van der Waals surface area contributed by atoms with Gasteiger partial charge in [0.15, 0.2) is 0 Å². The minimum Gasteiger partial charge on any atom is -0.362 e. The standard InChI is InChI=1S/C16H19N3O/c1-12-6-4-7-13(10-12)11-18-16(20)14-8-5-9-17-15(14)19(2)3/h4-10H,11H2,1-3H3,(H,18,20). The monoisotopic (exact) mass is 269 g/mol. The van der Waals surface area contributed by atoms with E-state index in [1.807, 2.05) is 44.1 Å². The van der Waals surface area contributed by atoms with Gasteiger partial charge in [0.1, 0.15) is 5.82 Å². The third-order valence-electron chi connectivity index (χ3n) is 2.99. The Morgan fingerprint density at radius 2 is 2.05 bits per heavy atom. The molecule has 4 heteroatoms. The van der Waals surface area contributed by atoms with Crippen LogP contribution in [0.3, 0.4) is 0 Å². The molecule has 1 heterocycles. The molecule has 0 aliphatic heterocycles. The number of aromatic nitrogens is 1. The van der Waals surface area contributed by atoms with Crippen LogP contribution in [0.1, 0.15) is 21.5 Å². The van der Waals surface area contributed by atoms with Crippen molar-refractivity contribution in [3.05, 3.63) is 59.3 Å². The molecule has 1 aromatic carbocycles. The van der Waals surface area contributed by atoms with Gasteiger partial charge in [-0.05, 0) is 24.6 Å². The molecule has 4 nitrogen and oxygen atoms in total. The number of hydrogen-bond donors (Lipinski definition) is 1. The van der Waals surface area contributed by atoms with E-state index < -0.39 is 0 Å². The Kier molecular flexibility index (Phi) is 4.35. The second-order valence-corrected chi connectivity index (χ2v) is 4.94. The number of amides is 1. The Labute approximate surface area is 119 Å². The number of nitrogens with one attached hydrogen (secondary N) is 1. The summed E-state index contributed by atoms with van der Waals surface area (Å²) in [6.45, 7) is 2.55. The molecule has 20 heavy (non-hydrogen) atoms. The van der Waals surface area contributed by atoms with Crippen LogP contribution < -0.4 is 10.2 Å². The summed E-state index contributed by atoms with van der Waals surface area (Å²) in [5, 5.41) is 2.93. The highest BCUT2D eigenvalue weighted by Gasteiger charge is 2.13. The molecule has 0 atom stereocenters. The van der Waals surface area contributed by atoms with Gasteiger partial charge in [0.25, 0.3) is 5.91 Å². The van der Waals surface area contributed by atoms with Crippen LogP contribution in [-0.4, -0.2) is 25.0 Å². The first-order chi connectivity index (χ1) is 9.58. The summed E-state index contributed by atoms with van der Waals surface area (Å²) in [5.41, 5.74) is 2.87. The van der Waals surface area contributed by atoms with Crippen LogP contribution in [0.4, 0.5) is 5.82 Å². The van der Waals surface area contributed by atoms with Gasteiger partial charge < -0.3 is 10.2 Å². The van der Waals surface area contributed by atoms with E-state index in [4.69, 9.17) is 0 Å². The van der Waals surface area contributed by atoms with E-state index in [-0.39, 0.29) is 5.91 Å². The van der Waals surface area contributed by atoms with E-state index in [0.717, 1.165) is 5.56 Å². The smallest absolute Gasteiger partial charge is 0.255 e. The summed E-state index contributed by atoms with van der Waals surface area (Å²) >= 11 is 0. The summed E-state index contributed by atoms with van der Waals surface area (Å²) in [6.07, 6.45) is 1.69. The van der Waals surface area contributed by atoms with Crippen molar-refractivity contribution in [2.75, 3.05) is 19.0 Å². The number of hydrogen-bond acceptors (Lipinski definition) is 3. The average Bonchev–Trinajstić information content (AvgIpc) is 2.45. The van der Waals surface area contributed by atoms with E-state index in [1.165, 1.54) is 5.56 Å². The minimum atomic E-state index is -0.108. The molecule has 1 N–H and O–H groups in total.